The van der Waals surface area contributed by atoms with Gasteiger partial charge in [0.05, 0.1) is 29.6 Å². The number of carbonyl (C=O) groups excluding carboxylic acids is 2. The van der Waals surface area contributed by atoms with Crippen molar-refractivity contribution >= 4 is 17.4 Å². The predicted molar refractivity (Wildman–Crippen MR) is 156 cm³/mol. The summed E-state index contributed by atoms with van der Waals surface area (Å²) in [5.74, 6) is 1.52. The highest BCUT2D eigenvalue weighted by Gasteiger charge is 2.70. The van der Waals surface area contributed by atoms with Crippen molar-refractivity contribution in [3.8, 4) is 0 Å². The van der Waals surface area contributed by atoms with E-state index in [1.54, 1.807) is 12.4 Å². The van der Waals surface area contributed by atoms with Gasteiger partial charge in [0.1, 0.15) is 6.33 Å². The number of allylic oxidation sites excluding steroid dienone is 1. The molecule has 8 atom stereocenters. The average Bonchev–Trinajstić information content (AvgIpc) is 3.21. The molecule has 0 saturated heterocycles. The van der Waals surface area contributed by atoms with E-state index in [1.807, 2.05) is 0 Å². The molecule has 1 amide bonds. The molecule has 5 aliphatic carbocycles. The second-order valence-corrected chi connectivity index (χ2v) is 15.7. The molecule has 218 valence electrons. The molecule has 6 heteroatoms. The number of rotatable bonds is 3. The Bertz CT molecular complexity index is 1260. The number of anilines is 1. The summed E-state index contributed by atoms with van der Waals surface area (Å²) in [6.07, 6.45) is 12.9. The lowest BCUT2D eigenvalue weighted by molar-refractivity contribution is -0.228. The highest BCUT2D eigenvalue weighted by molar-refractivity contribution is 6.09. The van der Waals surface area contributed by atoms with Crippen molar-refractivity contribution in [2.75, 3.05) is 5.32 Å². The van der Waals surface area contributed by atoms with E-state index in [0.29, 0.717) is 23.9 Å². The van der Waals surface area contributed by atoms with E-state index >= 15 is 0 Å². The highest BCUT2D eigenvalue weighted by Crippen LogP contribution is 2.76. The summed E-state index contributed by atoms with van der Waals surface area (Å²) in [7, 11) is 0. The second-order valence-electron chi connectivity index (χ2n) is 15.7. The maximum atomic E-state index is 14.2. The molecule has 2 unspecified atom stereocenters. The van der Waals surface area contributed by atoms with Gasteiger partial charge >= 0.3 is 0 Å². The van der Waals surface area contributed by atoms with Crippen LogP contribution in [-0.4, -0.2) is 32.9 Å². The van der Waals surface area contributed by atoms with E-state index in [4.69, 9.17) is 0 Å². The maximum absolute atomic E-state index is 14.2. The number of aromatic nitrogens is 2. The van der Waals surface area contributed by atoms with Gasteiger partial charge in [-0.1, -0.05) is 48.5 Å². The molecule has 1 heterocycles. The second kappa shape index (κ2) is 8.96. The van der Waals surface area contributed by atoms with Gasteiger partial charge in [0, 0.05) is 6.42 Å². The number of hydrogen-bond acceptors (Lipinski definition) is 5. The van der Waals surface area contributed by atoms with Crippen molar-refractivity contribution in [2.45, 2.75) is 112 Å². The summed E-state index contributed by atoms with van der Waals surface area (Å²) in [5, 5.41) is 14.1. The molecule has 0 radical (unpaired) electrons. The van der Waals surface area contributed by atoms with Crippen molar-refractivity contribution in [2.24, 2.45) is 50.7 Å². The van der Waals surface area contributed by atoms with Crippen LogP contribution in [0.4, 0.5) is 5.69 Å². The SMILES string of the molecule is CC(C)C1=C2[C@H]3CCC4[C@@]5(C)CC[C@H](O)C(C)(C)C5CC[C@@]4(C)[C@]3(C)CC[C@@]2(C(=O)Nc2cncnc2)CC1=O. The number of hydrogen-bond donors (Lipinski definition) is 2. The Hall–Kier alpha value is -2.08. The Morgan fingerprint density at radius 1 is 0.925 bits per heavy atom. The van der Waals surface area contributed by atoms with E-state index in [0.717, 1.165) is 50.5 Å². The number of amides is 1. The molecule has 1 aromatic heterocycles. The molecular formula is C34H49N3O3. The van der Waals surface area contributed by atoms with Crippen molar-refractivity contribution in [1.82, 2.24) is 9.97 Å². The topological polar surface area (TPSA) is 92.2 Å². The fourth-order valence-corrected chi connectivity index (χ4v) is 11.5. The number of nitrogens with one attached hydrogen (secondary N) is 1. The van der Waals surface area contributed by atoms with Crippen LogP contribution >= 0.6 is 0 Å². The van der Waals surface area contributed by atoms with Crippen LogP contribution in [0.1, 0.15) is 106 Å². The average molecular weight is 548 g/mol. The Kier molecular flexibility index (Phi) is 6.28. The number of Topliss-reactive ketones (excluding diaryl/α,β-unsaturated/α-hetero) is 1. The minimum Gasteiger partial charge on any atom is -0.393 e. The van der Waals surface area contributed by atoms with Crippen LogP contribution in [0.25, 0.3) is 0 Å². The summed E-state index contributed by atoms with van der Waals surface area (Å²) in [6, 6.07) is 0. The number of ketones is 1. The van der Waals surface area contributed by atoms with Gasteiger partial charge in [0.2, 0.25) is 5.91 Å². The number of aliphatic hydroxyl groups is 1. The molecule has 1 aromatic rings. The third-order valence-electron chi connectivity index (χ3n) is 13.7. The van der Waals surface area contributed by atoms with Crippen LogP contribution in [0.3, 0.4) is 0 Å². The molecule has 0 spiro atoms. The van der Waals surface area contributed by atoms with Crippen molar-refractivity contribution in [3.63, 3.8) is 0 Å². The molecule has 0 aliphatic heterocycles. The molecule has 0 aromatic carbocycles. The summed E-state index contributed by atoms with van der Waals surface area (Å²) in [6.45, 7) is 16.5. The Balaban J connectivity index is 1.42. The third kappa shape index (κ3) is 3.50. The number of carbonyl (C=O) groups is 2. The number of aliphatic hydroxyl groups excluding tert-OH is 1. The first-order valence-electron chi connectivity index (χ1n) is 15.7. The molecule has 4 fully saturated rings. The van der Waals surface area contributed by atoms with Crippen LogP contribution in [0.2, 0.25) is 0 Å². The number of nitrogens with zero attached hydrogens (tertiary/aromatic N) is 2. The van der Waals surface area contributed by atoms with Gasteiger partial charge in [-0.15, -0.1) is 0 Å². The zero-order chi connectivity index (χ0) is 28.9. The standard InChI is InChI=1S/C34H49N3O3/c1-20(2)27-23(38)16-34(29(40)37-21-17-35-19-36-18-21)15-14-32(6)22(28(27)34)8-9-25-31(5)12-11-26(39)30(3,4)24(31)10-13-33(25,32)7/h17-20,22,24-26,39H,8-16H2,1-7H3,(H,37,40)/t22-,24?,25?,26+,31+,32-,33-,34-/m1/s1. The lowest BCUT2D eigenvalue weighted by Crippen LogP contribution is -2.66. The summed E-state index contributed by atoms with van der Waals surface area (Å²) in [5.41, 5.74) is 2.17. The van der Waals surface area contributed by atoms with Crippen molar-refractivity contribution in [3.05, 3.63) is 29.9 Å². The van der Waals surface area contributed by atoms with Gasteiger partial charge in [-0.2, -0.15) is 0 Å². The number of fused-ring (bicyclic) bond motifs is 7. The van der Waals surface area contributed by atoms with Gasteiger partial charge in [-0.3, -0.25) is 9.59 Å². The predicted octanol–water partition coefficient (Wildman–Crippen LogP) is 6.76. The summed E-state index contributed by atoms with van der Waals surface area (Å²) in [4.78, 5) is 36.1. The van der Waals surface area contributed by atoms with E-state index in [-0.39, 0.29) is 57.7 Å². The van der Waals surface area contributed by atoms with Gasteiger partial charge in [-0.05, 0) is 108 Å². The van der Waals surface area contributed by atoms with E-state index < -0.39 is 5.41 Å². The quantitative estimate of drug-likeness (QED) is 0.436. The molecule has 6 nitrogen and oxygen atoms in total. The molecular weight excluding hydrogens is 498 g/mol. The van der Waals surface area contributed by atoms with Crippen LogP contribution in [0, 0.1) is 50.7 Å². The normalized spacial score (nSPS) is 44.0. The van der Waals surface area contributed by atoms with Crippen LogP contribution < -0.4 is 5.32 Å². The third-order valence-corrected chi connectivity index (χ3v) is 13.7. The first-order valence-corrected chi connectivity index (χ1v) is 15.7. The highest BCUT2D eigenvalue weighted by atomic mass is 16.3. The lowest BCUT2D eigenvalue weighted by Gasteiger charge is -2.72. The molecule has 6 rings (SSSR count). The van der Waals surface area contributed by atoms with Crippen LogP contribution in [-0.2, 0) is 9.59 Å². The minimum absolute atomic E-state index is 0.0177. The van der Waals surface area contributed by atoms with Crippen molar-refractivity contribution in [1.29, 1.82) is 0 Å². The molecule has 2 N–H and O–H groups in total. The molecule has 40 heavy (non-hydrogen) atoms. The molecule has 4 saturated carbocycles. The zero-order valence-electron chi connectivity index (χ0n) is 25.6. The Labute approximate surface area is 240 Å². The first-order chi connectivity index (χ1) is 18.7. The van der Waals surface area contributed by atoms with Gasteiger partial charge in [0.15, 0.2) is 5.78 Å². The zero-order valence-corrected chi connectivity index (χ0v) is 25.6. The van der Waals surface area contributed by atoms with Gasteiger partial charge in [-0.25, -0.2) is 9.97 Å². The smallest absolute Gasteiger partial charge is 0.235 e. The van der Waals surface area contributed by atoms with Crippen molar-refractivity contribution < 1.29 is 14.7 Å². The van der Waals surface area contributed by atoms with E-state index in [2.05, 4.69) is 63.8 Å². The van der Waals surface area contributed by atoms with Gasteiger partial charge < -0.3 is 10.4 Å². The largest absolute Gasteiger partial charge is 0.393 e. The van der Waals surface area contributed by atoms with E-state index in [9.17, 15) is 14.7 Å². The Morgan fingerprint density at radius 2 is 1.62 bits per heavy atom. The fraction of sp³-hybridized carbons (Fsp3) is 0.765. The fourth-order valence-electron chi connectivity index (χ4n) is 11.5. The lowest BCUT2D eigenvalue weighted by atomic mass is 9.33. The Morgan fingerprint density at radius 3 is 2.30 bits per heavy atom. The summed E-state index contributed by atoms with van der Waals surface area (Å²) >= 11 is 0. The monoisotopic (exact) mass is 547 g/mol. The summed E-state index contributed by atoms with van der Waals surface area (Å²) < 4.78 is 0. The van der Waals surface area contributed by atoms with Crippen LogP contribution in [0.5, 0.6) is 0 Å². The van der Waals surface area contributed by atoms with Crippen LogP contribution in [0.15, 0.2) is 29.9 Å². The van der Waals surface area contributed by atoms with Gasteiger partial charge in [0.25, 0.3) is 0 Å². The van der Waals surface area contributed by atoms with E-state index in [1.165, 1.54) is 11.9 Å². The molecule has 0 bridgehead atoms. The maximum Gasteiger partial charge on any atom is 0.235 e. The molecule has 5 aliphatic rings. The minimum atomic E-state index is -0.780. The first kappa shape index (κ1) is 28.1.